The Morgan fingerprint density at radius 3 is 2.67 bits per heavy atom. The van der Waals surface area contributed by atoms with Gasteiger partial charge in [0.05, 0.1) is 17.5 Å². The molecule has 1 heterocycles. The van der Waals surface area contributed by atoms with Crippen molar-refractivity contribution in [2.24, 2.45) is 34.4 Å². The number of nitrogens with zero attached hydrogens (tertiary/aromatic N) is 1. The number of ether oxygens (including phenoxy) is 2. The van der Waals surface area contributed by atoms with Crippen LogP contribution in [0.25, 0.3) is 0 Å². The van der Waals surface area contributed by atoms with Crippen LogP contribution in [0.3, 0.4) is 0 Å². The lowest BCUT2D eigenvalue weighted by atomic mass is 9.45. The van der Waals surface area contributed by atoms with Crippen molar-refractivity contribution in [2.45, 2.75) is 96.4 Å². The number of thioether (sulfide) groups is 1. The number of anilines is 1. The molecule has 1 saturated heterocycles. The fraction of sp³-hybridized carbons (Fsp3) is 0.611. The van der Waals surface area contributed by atoms with E-state index in [1.165, 1.54) is 29.5 Å². The molecular formula is C36H47FN2O5S. The third-order valence-corrected chi connectivity index (χ3v) is 13.0. The molecule has 5 unspecified atom stereocenters. The molecule has 8 atom stereocenters. The van der Waals surface area contributed by atoms with E-state index < -0.39 is 29.2 Å². The zero-order valence-electron chi connectivity index (χ0n) is 26.7. The highest BCUT2D eigenvalue weighted by Gasteiger charge is 2.71. The number of nitrogens with two attached hydrogens (primary N) is 1. The lowest BCUT2D eigenvalue weighted by Crippen LogP contribution is -2.62. The van der Waals surface area contributed by atoms with Gasteiger partial charge in [-0.2, -0.15) is 0 Å². The number of halogens is 1. The third kappa shape index (κ3) is 5.22. The Morgan fingerprint density at radius 2 is 2.00 bits per heavy atom. The van der Waals surface area contributed by atoms with Crippen molar-refractivity contribution < 1.29 is 28.6 Å². The molecule has 244 valence electrons. The van der Waals surface area contributed by atoms with Gasteiger partial charge >= 0.3 is 5.97 Å². The fourth-order valence-electron chi connectivity index (χ4n) is 9.67. The van der Waals surface area contributed by atoms with Gasteiger partial charge in [-0.3, -0.25) is 9.80 Å². The van der Waals surface area contributed by atoms with Gasteiger partial charge in [-0.1, -0.05) is 50.8 Å². The summed E-state index contributed by atoms with van der Waals surface area (Å²) in [6.45, 7) is 11.0. The van der Waals surface area contributed by atoms with Crippen molar-refractivity contribution >= 4 is 28.5 Å². The molecule has 0 spiro atoms. The summed E-state index contributed by atoms with van der Waals surface area (Å²) < 4.78 is 25.7. The van der Waals surface area contributed by atoms with Crippen molar-refractivity contribution in [3.05, 3.63) is 65.7 Å². The van der Waals surface area contributed by atoms with E-state index in [0.29, 0.717) is 43.7 Å². The Balaban J connectivity index is 1.32. The number of hydrogen-bond donors (Lipinski definition) is 2. The van der Waals surface area contributed by atoms with Crippen LogP contribution in [-0.4, -0.2) is 46.4 Å². The molecule has 5 aliphatic rings. The smallest absolute Gasteiger partial charge is 0.336 e. The molecule has 3 saturated carbocycles. The topological polar surface area (TPSA) is 102 Å². The molecule has 7 nitrogen and oxygen atoms in total. The van der Waals surface area contributed by atoms with E-state index in [0.717, 1.165) is 43.4 Å². The van der Waals surface area contributed by atoms with Crippen LogP contribution in [0, 0.1) is 34.4 Å². The van der Waals surface area contributed by atoms with Gasteiger partial charge in [0.15, 0.2) is 11.7 Å². The molecule has 45 heavy (non-hydrogen) atoms. The van der Waals surface area contributed by atoms with Crippen LogP contribution in [0.4, 0.5) is 10.1 Å². The van der Waals surface area contributed by atoms with E-state index in [1.807, 2.05) is 13.0 Å². The molecule has 1 aromatic carbocycles. The second kappa shape index (κ2) is 12.3. The largest absolute Gasteiger partial charge is 0.448 e. The fourth-order valence-corrected chi connectivity index (χ4v) is 10.7. The van der Waals surface area contributed by atoms with Crippen LogP contribution in [0.2, 0.25) is 0 Å². The van der Waals surface area contributed by atoms with Gasteiger partial charge in [0.1, 0.15) is 5.82 Å². The first-order chi connectivity index (χ1) is 21.5. The summed E-state index contributed by atoms with van der Waals surface area (Å²) >= 11 is 1.26. The van der Waals surface area contributed by atoms with E-state index in [4.69, 9.17) is 15.3 Å². The Morgan fingerprint density at radius 1 is 1.24 bits per heavy atom. The van der Waals surface area contributed by atoms with Crippen molar-refractivity contribution in [3.8, 4) is 0 Å². The number of benzene rings is 1. The number of rotatable bonds is 8. The summed E-state index contributed by atoms with van der Waals surface area (Å²) in [5, 5.41) is 13.7. The first-order valence-corrected chi connectivity index (χ1v) is 17.5. The Labute approximate surface area is 270 Å². The van der Waals surface area contributed by atoms with Crippen LogP contribution in [0.15, 0.2) is 59.8 Å². The van der Waals surface area contributed by atoms with Gasteiger partial charge in [-0.05, 0) is 117 Å². The van der Waals surface area contributed by atoms with Crippen molar-refractivity contribution in [3.63, 3.8) is 0 Å². The summed E-state index contributed by atoms with van der Waals surface area (Å²) in [6.07, 6.45) is 8.92. The second-order valence-electron chi connectivity index (χ2n) is 14.2. The van der Waals surface area contributed by atoms with E-state index in [2.05, 4.69) is 26.5 Å². The maximum Gasteiger partial charge on any atom is 0.336 e. The van der Waals surface area contributed by atoms with E-state index in [-0.39, 0.29) is 34.1 Å². The number of hydrazine groups is 1. The van der Waals surface area contributed by atoms with Crippen molar-refractivity contribution in [2.75, 3.05) is 17.4 Å². The molecule has 6 rings (SSSR count). The molecule has 3 N–H and O–H groups in total. The number of fused-ring (bicyclic) bond motifs is 5. The van der Waals surface area contributed by atoms with Crippen LogP contribution >= 0.6 is 11.8 Å². The molecule has 9 heteroatoms. The normalized spacial score (nSPS) is 37.3. The average Bonchev–Trinajstić information content (AvgIpc) is 3.66. The van der Waals surface area contributed by atoms with E-state index >= 15 is 0 Å². The van der Waals surface area contributed by atoms with Crippen LogP contribution in [-0.2, 0) is 19.1 Å². The molecule has 0 aromatic heterocycles. The number of aliphatic hydroxyl groups excluding tert-OH is 1. The predicted molar refractivity (Wildman–Crippen MR) is 174 cm³/mol. The number of esters is 1. The minimum absolute atomic E-state index is 0.0350. The Bertz CT molecular complexity index is 1410. The highest BCUT2D eigenvalue weighted by molar-refractivity contribution is 8.13. The third-order valence-electron chi connectivity index (χ3n) is 11.8. The van der Waals surface area contributed by atoms with Gasteiger partial charge in [-0.25, -0.2) is 15.0 Å². The van der Waals surface area contributed by atoms with E-state index in [9.17, 15) is 19.1 Å². The van der Waals surface area contributed by atoms with Crippen LogP contribution < -0.4 is 10.9 Å². The number of hydrogen-bond acceptors (Lipinski definition) is 8. The molecule has 0 amide bonds. The monoisotopic (exact) mass is 638 g/mol. The number of carbonyl (C=O) groups is 2. The molecule has 1 aromatic rings. The summed E-state index contributed by atoms with van der Waals surface area (Å²) in [7, 11) is 0. The Kier molecular flexibility index (Phi) is 8.87. The van der Waals surface area contributed by atoms with Crippen LogP contribution in [0.1, 0.15) is 78.6 Å². The minimum atomic E-state index is -1.29. The highest BCUT2D eigenvalue weighted by atomic mass is 32.2. The lowest BCUT2D eigenvalue weighted by molar-refractivity contribution is -0.202. The number of carbonyl (C=O) groups excluding carboxylic acids is 2. The summed E-state index contributed by atoms with van der Waals surface area (Å²) in [5.41, 5.74) is 1.42. The molecule has 4 aliphatic carbocycles. The predicted octanol–water partition coefficient (Wildman–Crippen LogP) is 6.62. The SMILES string of the molecule is C=CC1=C(N(N)c2ccc(F)cc2)C=C2CCC3[C@H]([C@@H](O)CC4(C)[C@H]3CCC4(OC(=O)C3CCCO3)C(=O)SCCC)C2(C)C1. The summed E-state index contributed by atoms with van der Waals surface area (Å²) in [4.78, 5) is 27.6. The van der Waals surface area contributed by atoms with E-state index in [1.54, 1.807) is 17.1 Å². The average molecular weight is 639 g/mol. The van der Waals surface area contributed by atoms with Crippen molar-refractivity contribution in [1.29, 1.82) is 0 Å². The molecular weight excluding hydrogens is 591 g/mol. The molecule has 1 aliphatic heterocycles. The quantitative estimate of drug-likeness (QED) is 0.186. The molecule has 4 fully saturated rings. The van der Waals surface area contributed by atoms with Gasteiger partial charge in [-0.15, -0.1) is 0 Å². The lowest BCUT2D eigenvalue weighted by Gasteiger charge is -2.61. The number of aliphatic hydroxyl groups is 1. The first-order valence-electron chi connectivity index (χ1n) is 16.6. The van der Waals surface area contributed by atoms with Gasteiger partial charge in [0.2, 0.25) is 5.12 Å². The van der Waals surface area contributed by atoms with Gasteiger partial charge < -0.3 is 14.6 Å². The number of allylic oxidation sites excluding steroid dienone is 4. The summed E-state index contributed by atoms with van der Waals surface area (Å²) in [5.74, 6) is 6.75. The van der Waals surface area contributed by atoms with Gasteiger partial charge in [0.25, 0.3) is 0 Å². The van der Waals surface area contributed by atoms with Gasteiger partial charge in [0, 0.05) is 17.8 Å². The second-order valence-corrected chi connectivity index (χ2v) is 15.2. The molecule has 0 bridgehead atoms. The summed E-state index contributed by atoms with van der Waals surface area (Å²) in [6, 6.07) is 6.12. The molecule has 0 radical (unpaired) electrons. The maximum atomic E-state index is 14.1. The Hall–Kier alpha value is -2.46. The first kappa shape index (κ1) is 32.5. The highest BCUT2D eigenvalue weighted by Crippen LogP contribution is 2.69. The zero-order chi connectivity index (χ0) is 32.1. The minimum Gasteiger partial charge on any atom is -0.448 e. The zero-order valence-corrected chi connectivity index (χ0v) is 27.5. The standard InChI is InChI=1S/C36H47FN2O5S/c1-5-18-45-33(42)36(44-32(41)30-8-7-17-43-30)16-15-27-26-14-9-23-19-28(39(38)25-12-10-24(37)11-13-25)22(6-2)20-34(23,3)31(26)29(40)21-35(27,36)4/h6,10-13,19,26-27,29-31,40H,2,5,7-9,14-18,20-21,38H2,1,3-4H3/t26?,27-,29-,30?,31+,34?,35?,36?/m0/s1. The maximum absolute atomic E-state index is 14.1. The van der Waals surface area contributed by atoms with Crippen LogP contribution in [0.5, 0.6) is 0 Å². The van der Waals surface area contributed by atoms with Crippen molar-refractivity contribution in [1.82, 2.24) is 0 Å².